The highest BCUT2D eigenvalue weighted by molar-refractivity contribution is 7.08. The van der Waals surface area contributed by atoms with Gasteiger partial charge in [-0.3, -0.25) is 4.79 Å². The van der Waals surface area contributed by atoms with Gasteiger partial charge in [0.2, 0.25) is 5.89 Å². The first-order chi connectivity index (χ1) is 14.2. The fraction of sp³-hybridized carbons (Fsp3) is 0.429. The van der Waals surface area contributed by atoms with Crippen LogP contribution in [-0.4, -0.2) is 32.7 Å². The lowest BCUT2D eigenvalue weighted by atomic mass is 9.95. The van der Waals surface area contributed by atoms with Gasteiger partial charge in [-0.15, -0.1) is 0 Å². The van der Waals surface area contributed by atoms with Gasteiger partial charge in [-0.05, 0) is 59.7 Å². The monoisotopic (exact) mass is 412 g/mol. The number of thiophene rings is 1. The Morgan fingerprint density at radius 2 is 2.21 bits per heavy atom. The number of pyridine rings is 1. The van der Waals surface area contributed by atoms with Crippen LogP contribution in [0.1, 0.15) is 53.7 Å². The number of aliphatic carboxylic acids is 1. The SMILES string of the molecule is O=C(O)CC(Cc1nc(CCCc2ccc3c(n2)NCCC3)no1)c1ccsc1. The van der Waals surface area contributed by atoms with E-state index in [0.29, 0.717) is 24.6 Å². The van der Waals surface area contributed by atoms with E-state index >= 15 is 0 Å². The number of aromatic nitrogens is 3. The van der Waals surface area contributed by atoms with Crippen molar-refractivity contribution in [3.8, 4) is 0 Å². The molecule has 0 amide bonds. The Morgan fingerprint density at radius 1 is 1.28 bits per heavy atom. The van der Waals surface area contributed by atoms with E-state index in [1.165, 1.54) is 5.56 Å². The summed E-state index contributed by atoms with van der Waals surface area (Å²) in [5.74, 6) is 1.20. The van der Waals surface area contributed by atoms with Crippen LogP contribution in [0.25, 0.3) is 0 Å². The van der Waals surface area contributed by atoms with E-state index in [2.05, 4.69) is 27.6 Å². The van der Waals surface area contributed by atoms with Gasteiger partial charge in [-0.2, -0.15) is 16.3 Å². The fourth-order valence-electron chi connectivity index (χ4n) is 3.65. The average molecular weight is 413 g/mol. The summed E-state index contributed by atoms with van der Waals surface area (Å²) < 4.78 is 5.38. The van der Waals surface area contributed by atoms with Crippen LogP contribution in [0.3, 0.4) is 0 Å². The van der Waals surface area contributed by atoms with Crippen LogP contribution in [0.4, 0.5) is 5.82 Å². The maximum absolute atomic E-state index is 11.2. The Kier molecular flexibility index (Phi) is 6.19. The molecule has 1 unspecified atom stereocenters. The molecule has 4 rings (SSSR count). The maximum Gasteiger partial charge on any atom is 0.303 e. The predicted molar refractivity (Wildman–Crippen MR) is 110 cm³/mol. The molecule has 1 aliphatic heterocycles. The van der Waals surface area contributed by atoms with E-state index in [9.17, 15) is 9.90 Å². The lowest BCUT2D eigenvalue weighted by Gasteiger charge is -2.17. The summed E-state index contributed by atoms with van der Waals surface area (Å²) in [5.41, 5.74) is 3.37. The minimum Gasteiger partial charge on any atom is -0.481 e. The van der Waals surface area contributed by atoms with Crippen molar-refractivity contribution in [2.75, 3.05) is 11.9 Å². The molecule has 1 aliphatic rings. The van der Waals surface area contributed by atoms with Crippen LogP contribution in [0.2, 0.25) is 0 Å². The van der Waals surface area contributed by atoms with Gasteiger partial charge in [0.25, 0.3) is 0 Å². The van der Waals surface area contributed by atoms with Crippen molar-refractivity contribution in [2.45, 2.75) is 50.9 Å². The zero-order valence-corrected chi connectivity index (χ0v) is 17.0. The van der Waals surface area contributed by atoms with Crippen molar-refractivity contribution in [1.82, 2.24) is 15.1 Å². The van der Waals surface area contributed by atoms with Crippen molar-refractivity contribution in [3.05, 3.63) is 57.5 Å². The summed E-state index contributed by atoms with van der Waals surface area (Å²) in [6.45, 7) is 0.989. The molecular weight excluding hydrogens is 388 g/mol. The lowest BCUT2D eigenvalue weighted by Crippen LogP contribution is -2.14. The first-order valence-corrected chi connectivity index (χ1v) is 10.9. The highest BCUT2D eigenvalue weighted by Gasteiger charge is 2.20. The van der Waals surface area contributed by atoms with Crippen molar-refractivity contribution in [2.24, 2.45) is 0 Å². The predicted octanol–water partition coefficient (Wildman–Crippen LogP) is 3.86. The van der Waals surface area contributed by atoms with Gasteiger partial charge in [0.05, 0.1) is 6.42 Å². The molecule has 0 aliphatic carbocycles. The summed E-state index contributed by atoms with van der Waals surface area (Å²) in [5, 5.41) is 20.6. The molecule has 2 N–H and O–H groups in total. The highest BCUT2D eigenvalue weighted by Crippen LogP contribution is 2.26. The summed E-state index contributed by atoms with van der Waals surface area (Å²) >= 11 is 1.56. The van der Waals surface area contributed by atoms with Gasteiger partial charge in [0.1, 0.15) is 5.82 Å². The number of rotatable bonds is 9. The number of carboxylic acid groups (broad SMARTS) is 1. The first-order valence-electron chi connectivity index (χ1n) is 9.95. The van der Waals surface area contributed by atoms with Crippen LogP contribution in [0.15, 0.2) is 33.5 Å². The van der Waals surface area contributed by atoms with Crippen LogP contribution in [-0.2, 0) is 30.5 Å². The quantitative estimate of drug-likeness (QED) is 0.550. The molecule has 0 fully saturated rings. The van der Waals surface area contributed by atoms with E-state index < -0.39 is 5.97 Å². The van der Waals surface area contributed by atoms with E-state index in [1.54, 1.807) is 11.3 Å². The largest absolute Gasteiger partial charge is 0.481 e. The van der Waals surface area contributed by atoms with Gasteiger partial charge in [-0.1, -0.05) is 11.2 Å². The molecule has 1 atom stereocenters. The molecule has 0 bridgehead atoms. The van der Waals surface area contributed by atoms with Crippen molar-refractivity contribution < 1.29 is 14.4 Å². The average Bonchev–Trinajstić information content (AvgIpc) is 3.39. The van der Waals surface area contributed by atoms with E-state index in [4.69, 9.17) is 9.51 Å². The number of nitrogens with zero attached hydrogens (tertiary/aromatic N) is 3. The lowest BCUT2D eigenvalue weighted by molar-refractivity contribution is -0.137. The van der Waals surface area contributed by atoms with Crippen molar-refractivity contribution in [1.29, 1.82) is 0 Å². The van der Waals surface area contributed by atoms with Gasteiger partial charge in [0, 0.05) is 31.0 Å². The number of hydrogen-bond donors (Lipinski definition) is 2. The van der Waals surface area contributed by atoms with Crippen molar-refractivity contribution in [3.63, 3.8) is 0 Å². The second-order valence-corrected chi connectivity index (χ2v) is 8.13. The molecule has 7 nitrogen and oxygen atoms in total. The molecule has 0 saturated carbocycles. The second kappa shape index (κ2) is 9.17. The van der Waals surface area contributed by atoms with E-state index in [0.717, 1.165) is 49.3 Å². The molecule has 152 valence electrons. The fourth-order valence-corrected chi connectivity index (χ4v) is 4.39. The maximum atomic E-state index is 11.2. The smallest absolute Gasteiger partial charge is 0.303 e. The molecular formula is C21H24N4O3S. The third kappa shape index (κ3) is 5.20. The molecule has 0 saturated heterocycles. The number of hydrogen-bond acceptors (Lipinski definition) is 7. The number of fused-ring (bicyclic) bond motifs is 1. The molecule has 0 aromatic carbocycles. The summed E-state index contributed by atoms with van der Waals surface area (Å²) in [4.78, 5) is 20.4. The Bertz CT molecular complexity index is 955. The minimum atomic E-state index is -0.826. The summed E-state index contributed by atoms with van der Waals surface area (Å²) in [6.07, 6.45) is 5.19. The third-order valence-corrected chi connectivity index (χ3v) is 5.85. The molecule has 0 spiro atoms. The Hall–Kier alpha value is -2.74. The second-order valence-electron chi connectivity index (χ2n) is 7.35. The van der Waals surface area contributed by atoms with Crippen LogP contribution >= 0.6 is 11.3 Å². The normalized spacial score (nSPS) is 14.2. The van der Waals surface area contributed by atoms with E-state index in [1.807, 2.05) is 16.8 Å². The third-order valence-electron chi connectivity index (χ3n) is 5.15. The molecule has 4 heterocycles. The standard InChI is InChI=1S/C21H24N4O3S/c26-20(27)12-16(15-8-10-29-13-15)11-19-24-18(25-28-19)5-1-4-17-7-6-14-3-2-9-22-21(14)23-17/h6-8,10,13,16H,1-5,9,11-12H2,(H,22,23)(H,26,27). The summed E-state index contributed by atoms with van der Waals surface area (Å²) in [6, 6.07) is 6.23. The number of aryl methyl sites for hydroxylation is 3. The number of nitrogens with one attached hydrogen (secondary N) is 1. The molecule has 8 heteroatoms. The molecule has 3 aromatic rings. The molecule has 0 radical (unpaired) electrons. The van der Waals surface area contributed by atoms with Crippen LogP contribution < -0.4 is 5.32 Å². The molecule has 3 aromatic heterocycles. The van der Waals surface area contributed by atoms with Crippen LogP contribution in [0.5, 0.6) is 0 Å². The zero-order chi connectivity index (χ0) is 20.1. The van der Waals surface area contributed by atoms with Crippen molar-refractivity contribution >= 4 is 23.1 Å². The Morgan fingerprint density at radius 3 is 3.03 bits per heavy atom. The zero-order valence-electron chi connectivity index (χ0n) is 16.1. The van der Waals surface area contributed by atoms with Crippen LogP contribution in [0, 0.1) is 0 Å². The molecule has 29 heavy (non-hydrogen) atoms. The number of anilines is 1. The number of carboxylic acids is 1. The van der Waals surface area contributed by atoms with Gasteiger partial charge in [-0.25, -0.2) is 4.98 Å². The van der Waals surface area contributed by atoms with Gasteiger partial charge < -0.3 is 14.9 Å². The summed E-state index contributed by atoms with van der Waals surface area (Å²) in [7, 11) is 0. The van der Waals surface area contributed by atoms with E-state index in [-0.39, 0.29) is 12.3 Å². The highest BCUT2D eigenvalue weighted by atomic mass is 32.1. The Labute approximate surface area is 173 Å². The first kappa shape index (κ1) is 19.6. The van der Waals surface area contributed by atoms with Gasteiger partial charge in [0.15, 0.2) is 5.82 Å². The van der Waals surface area contributed by atoms with Gasteiger partial charge >= 0.3 is 5.97 Å². The number of carbonyl (C=O) groups is 1. The topological polar surface area (TPSA) is 101 Å². The minimum absolute atomic E-state index is 0.0481. The Balaban J connectivity index is 1.31.